The summed E-state index contributed by atoms with van der Waals surface area (Å²) >= 11 is 11.8. The van der Waals surface area contributed by atoms with Gasteiger partial charge < -0.3 is 14.8 Å². The number of aryl methyl sites for hydroxylation is 1. The molecule has 2 aromatic carbocycles. The predicted octanol–water partition coefficient (Wildman–Crippen LogP) is 4.11. The molecule has 5 nitrogen and oxygen atoms in total. The van der Waals surface area contributed by atoms with Crippen molar-refractivity contribution in [3.05, 3.63) is 57.6 Å². The van der Waals surface area contributed by atoms with Gasteiger partial charge in [0.1, 0.15) is 5.75 Å². The van der Waals surface area contributed by atoms with E-state index in [1.807, 2.05) is 0 Å². The first kappa shape index (κ1) is 18.1. The van der Waals surface area contributed by atoms with E-state index in [-0.39, 0.29) is 12.5 Å². The fraction of sp³-hybridized carbons (Fsp3) is 0.176. The van der Waals surface area contributed by atoms with Crippen LogP contribution >= 0.6 is 23.2 Å². The lowest BCUT2D eigenvalue weighted by Gasteiger charge is -2.11. The van der Waals surface area contributed by atoms with E-state index in [0.29, 0.717) is 27.0 Å². The van der Waals surface area contributed by atoms with Gasteiger partial charge in [-0.2, -0.15) is 0 Å². The molecule has 0 heterocycles. The summed E-state index contributed by atoms with van der Waals surface area (Å²) < 4.78 is 10.0. The van der Waals surface area contributed by atoms with Crippen LogP contribution in [0.25, 0.3) is 0 Å². The highest BCUT2D eigenvalue weighted by Gasteiger charge is 2.11. The van der Waals surface area contributed by atoms with E-state index in [9.17, 15) is 9.59 Å². The van der Waals surface area contributed by atoms with Crippen molar-refractivity contribution in [3.8, 4) is 5.75 Å². The Kier molecular flexibility index (Phi) is 6.06. The predicted molar refractivity (Wildman–Crippen MR) is 93.1 cm³/mol. The van der Waals surface area contributed by atoms with Crippen molar-refractivity contribution >= 4 is 40.8 Å². The van der Waals surface area contributed by atoms with E-state index < -0.39 is 5.97 Å². The number of nitrogens with one attached hydrogen (secondary N) is 1. The lowest BCUT2D eigenvalue weighted by atomic mass is 10.1. The molecule has 0 spiro atoms. The van der Waals surface area contributed by atoms with Crippen molar-refractivity contribution in [2.24, 2.45) is 0 Å². The molecule has 24 heavy (non-hydrogen) atoms. The van der Waals surface area contributed by atoms with Gasteiger partial charge in [0.05, 0.1) is 17.7 Å². The monoisotopic (exact) mass is 367 g/mol. The number of methoxy groups -OCH3 is 1. The third kappa shape index (κ3) is 4.63. The Bertz CT molecular complexity index is 777. The van der Waals surface area contributed by atoms with E-state index >= 15 is 0 Å². The Balaban J connectivity index is 1.98. The van der Waals surface area contributed by atoms with E-state index in [1.54, 1.807) is 37.3 Å². The minimum Gasteiger partial charge on any atom is -0.482 e. The second-order valence-corrected chi connectivity index (χ2v) is 5.78. The lowest BCUT2D eigenvalue weighted by Crippen LogP contribution is -2.20. The van der Waals surface area contributed by atoms with Gasteiger partial charge in [0.25, 0.3) is 5.91 Å². The zero-order valence-electron chi connectivity index (χ0n) is 13.1. The SMILES string of the molecule is COC(=O)c1ccc(NC(=O)COc2ccc(Cl)cc2Cl)c(C)c1. The molecule has 1 N–H and O–H groups in total. The van der Waals surface area contributed by atoms with E-state index in [0.717, 1.165) is 5.56 Å². The molecule has 0 fully saturated rings. The number of carbonyl (C=O) groups excluding carboxylic acids is 2. The van der Waals surface area contributed by atoms with Gasteiger partial charge in [0.15, 0.2) is 6.61 Å². The summed E-state index contributed by atoms with van der Waals surface area (Å²) in [5.74, 6) is -0.416. The van der Waals surface area contributed by atoms with Crippen LogP contribution in [0.1, 0.15) is 15.9 Å². The topological polar surface area (TPSA) is 64.6 Å². The van der Waals surface area contributed by atoms with Crippen molar-refractivity contribution in [1.82, 2.24) is 0 Å². The molecule has 7 heteroatoms. The molecule has 0 aliphatic rings. The van der Waals surface area contributed by atoms with E-state index in [1.165, 1.54) is 13.2 Å². The van der Waals surface area contributed by atoms with Crippen LogP contribution in [0.5, 0.6) is 5.75 Å². The molecule has 0 saturated heterocycles. The van der Waals surface area contributed by atoms with Crippen molar-refractivity contribution in [2.45, 2.75) is 6.92 Å². The number of hydrogen-bond donors (Lipinski definition) is 1. The maximum Gasteiger partial charge on any atom is 0.337 e. The van der Waals surface area contributed by atoms with Gasteiger partial charge in [-0.15, -0.1) is 0 Å². The number of hydrogen-bond acceptors (Lipinski definition) is 4. The minimum atomic E-state index is -0.434. The number of amides is 1. The molecule has 0 radical (unpaired) electrons. The molecule has 126 valence electrons. The van der Waals surface area contributed by atoms with Crippen molar-refractivity contribution in [1.29, 1.82) is 0 Å². The van der Waals surface area contributed by atoms with E-state index in [4.69, 9.17) is 27.9 Å². The number of halogens is 2. The van der Waals surface area contributed by atoms with Gasteiger partial charge in [0.2, 0.25) is 0 Å². The maximum atomic E-state index is 12.0. The van der Waals surface area contributed by atoms with Crippen LogP contribution < -0.4 is 10.1 Å². The molecule has 0 aliphatic carbocycles. The maximum absolute atomic E-state index is 12.0. The highest BCUT2D eigenvalue weighted by atomic mass is 35.5. The summed E-state index contributed by atoms with van der Waals surface area (Å²) in [6.45, 7) is 1.57. The summed E-state index contributed by atoms with van der Waals surface area (Å²) in [6.07, 6.45) is 0. The molecule has 0 saturated carbocycles. The first-order valence-corrected chi connectivity index (χ1v) is 7.73. The standard InChI is InChI=1S/C17H15Cl2NO4/c1-10-7-11(17(22)23-2)3-5-14(10)20-16(21)9-24-15-6-4-12(18)8-13(15)19/h3-8H,9H2,1-2H3,(H,20,21). The second-order valence-electron chi connectivity index (χ2n) is 4.93. The number of rotatable bonds is 5. The molecule has 2 rings (SSSR count). The number of esters is 1. The fourth-order valence-electron chi connectivity index (χ4n) is 1.97. The van der Waals surface area contributed by atoms with Crippen LogP contribution in [0.3, 0.4) is 0 Å². The highest BCUT2D eigenvalue weighted by Crippen LogP contribution is 2.27. The number of carbonyl (C=O) groups is 2. The number of ether oxygens (including phenoxy) is 2. The Morgan fingerprint density at radius 1 is 1.12 bits per heavy atom. The second kappa shape index (κ2) is 8.04. The third-order valence-corrected chi connectivity index (χ3v) is 3.70. The minimum absolute atomic E-state index is 0.209. The van der Waals surface area contributed by atoms with Gasteiger partial charge in [-0.25, -0.2) is 4.79 Å². The molecule has 1 amide bonds. The summed E-state index contributed by atoms with van der Waals surface area (Å²) in [5, 5.41) is 3.52. The molecular formula is C17H15Cl2NO4. The van der Waals surface area contributed by atoms with Gasteiger partial charge in [-0.3, -0.25) is 4.79 Å². The summed E-state index contributed by atoms with van der Waals surface area (Å²) in [7, 11) is 1.31. The molecule has 0 bridgehead atoms. The Hall–Kier alpha value is -2.24. The van der Waals surface area contributed by atoms with Gasteiger partial charge in [0, 0.05) is 10.7 Å². The molecule has 0 aromatic heterocycles. The van der Waals surface area contributed by atoms with Crippen molar-refractivity contribution < 1.29 is 19.1 Å². The Morgan fingerprint density at radius 2 is 1.88 bits per heavy atom. The third-order valence-electron chi connectivity index (χ3n) is 3.17. The summed E-state index contributed by atoms with van der Waals surface area (Å²) in [6, 6.07) is 9.59. The van der Waals surface area contributed by atoms with Gasteiger partial charge >= 0.3 is 5.97 Å². The zero-order valence-corrected chi connectivity index (χ0v) is 14.6. The number of benzene rings is 2. The van der Waals surface area contributed by atoms with Crippen LogP contribution in [0, 0.1) is 6.92 Å². The molecular weight excluding hydrogens is 353 g/mol. The Labute approximate surface area is 149 Å². The largest absolute Gasteiger partial charge is 0.482 e. The van der Waals surface area contributed by atoms with Crippen LogP contribution in [-0.4, -0.2) is 25.6 Å². The van der Waals surface area contributed by atoms with E-state index in [2.05, 4.69) is 10.1 Å². The van der Waals surface area contributed by atoms with Crippen LogP contribution in [0.2, 0.25) is 10.0 Å². The van der Waals surface area contributed by atoms with Gasteiger partial charge in [-0.05, 0) is 48.9 Å². The molecule has 2 aromatic rings. The normalized spacial score (nSPS) is 10.2. The average molecular weight is 368 g/mol. The lowest BCUT2D eigenvalue weighted by molar-refractivity contribution is -0.118. The molecule has 0 unspecified atom stereocenters. The first-order chi connectivity index (χ1) is 11.4. The zero-order chi connectivity index (χ0) is 17.7. The van der Waals surface area contributed by atoms with Crippen molar-refractivity contribution in [3.63, 3.8) is 0 Å². The Morgan fingerprint density at radius 3 is 2.50 bits per heavy atom. The average Bonchev–Trinajstić information content (AvgIpc) is 2.55. The highest BCUT2D eigenvalue weighted by molar-refractivity contribution is 6.35. The smallest absolute Gasteiger partial charge is 0.337 e. The fourth-order valence-corrected chi connectivity index (χ4v) is 2.43. The summed E-state index contributed by atoms with van der Waals surface area (Å²) in [5.41, 5.74) is 1.73. The van der Waals surface area contributed by atoms with Crippen molar-refractivity contribution in [2.75, 3.05) is 19.0 Å². The molecule has 0 atom stereocenters. The summed E-state index contributed by atoms with van der Waals surface area (Å²) in [4.78, 5) is 23.5. The van der Waals surface area contributed by atoms with Gasteiger partial charge in [-0.1, -0.05) is 23.2 Å². The van der Waals surface area contributed by atoms with Crippen LogP contribution in [-0.2, 0) is 9.53 Å². The number of anilines is 1. The molecule has 0 aliphatic heterocycles. The first-order valence-electron chi connectivity index (χ1n) is 6.97. The van der Waals surface area contributed by atoms with Crippen LogP contribution in [0.15, 0.2) is 36.4 Å². The quantitative estimate of drug-likeness (QED) is 0.807. The van der Waals surface area contributed by atoms with Crippen LogP contribution in [0.4, 0.5) is 5.69 Å².